The van der Waals surface area contributed by atoms with Crippen LogP contribution in [0.2, 0.25) is 0 Å². The lowest BCUT2D eigenvalue weighted by Crippen LogP contribution is -2.37. The summed E-state index contributed by atoms with van der Waals surface area (Å²) in [6.45, 7) is 3.90. The highest BCUT2D eigenvalue weighted by Gasteiger charge is 2.22. The lowest BCUT2D eigenvalue weighted by Gasteiger charge is -2.26. The van der Waals surface area contributed by atoms with Crippen LogP contribution in [0.25, 0.3) is 0 Å². The number of benzene rings is 1. The van der Waals surface area contributed by atoms with Crippen LogP contribution in [-0.2, 0) is 4.79 Å². The van der Waals surface area contributed by atoms with Gasteiger partial charge in [-0.25, -0.2) is 0 Å². The number of carbonyl (C=O) groups excluding carboxylic acids is 1. The molecule has 3 heteroatoms. The second-order valence-electron chi connectivity index (χ2n) is 5.52. The summed E-state index contributed by atoms with van der Waals surface area (Å²) >= 11 is 0. The molecule has 0 aromatic heterocycles. The Hall–Kier alpha value is -1.35. The van der Waals surface area contributed by atoms with Gasteiger partial charge in [-0.2, -0.15) is 0 Å². The van der Waals surface area contributed by atoms with Crippen molar-refractivity contribution in [1.82, 2.24) is 10.2 Å². The molecular formula is C16H24N2O. The second kappa shape index (κ2) is 6.71. The molecule has 1 aliphatic heterocycles. The molecule has 2 rings (SSSR count). The molecule has 104 valence electrons. The number of rotatable bonds is 4. The van der Waals surface area contributed by atoms with E-state index < -0.39 is 0 Å². The van der Waals surface area contributed by atoms with Crippen LogP contribution in [0.3, 0.4) is 0 Å². The highest BCUT2D eigenvalue weighted by atomic mass is 16.2. The van der Waals surface area contributed by atoms with Crippen LogP contribution in [0.1, 0.15) is 37.8 Å². The first kappa shape index (κ1) is 14.1. The first-order valence-corrected chi connectivity index (χ1v) is 7.20. The summed E-state index contributed by atoms with van der Waals surface area (Å²) in [5.74, 6) is 0.972. The molecule has 1 saturated heterocycles. The van der Waals surface area contributed by atoms with Crippen LogP contribution in [0.4, 0.5) is 0 Å². The maximum absolute atomic E-state index is 12.1. The van der Waals surface area contributed by atoms with Crippen molar-refractivity contribution in [2.45, 2.75) is 32.2 Å². The van der Waals surface area contributed by atoms with Crippen molar-refractivity contribution in [1.29, 1.82) is 0 Å². The molecule has 1 aromatic rings. The smallest absolute Gasteiger partial charge is 0.222 e. The Bertz CT molecular complexity index is 404. The molecule has 1 amide bonds. The summed E-state index contributed by atoms with van der Waals surface area (Å²) in [7, 11) is 1.96. The standard InChI is InChI=1S/C16H24N2O/c1-13-8-9-16(19)18(11-10-13)12-15(17-2)14-6-4-3-5-7-14/h3-7,13,15,17H,8-12H2,1-2H3. The van der Waals surface area contributed by atoms with E-state index in [1.807, 2.05) is 30.1 Å². The van der Waals surface area contributed by atoms with Gasteiger partial charge in [-0.3, -0.25) is 4.79 Å². The zero-order chi connectivity index (χ0) is 13.7. The lowest BCUT2D eigenvalue weighted by atomic mass is 10.0. The Labute approximate surface area is 116 Å². The highest BCUT2D eigenvalue weighted by Crippen LogP contribution is 2.20. The zero-order valence-corrected chi connectivity index (χ0v) is 11.9. The van der Waals surface area contributed by atoms with Crippen LogP contribution in [0.15, 0.2) is 30.3 Å². The van der Waals surface area contributed by atoms with Gasteiger partial charge in [0.15, 0.2) is 0 Å². The molecule has 2 atom stereocenters. The molecule has 0 radical (unpaired) electrons. The van der Waals surface area contributed by atoms with E-state index >= 15 is 0 Å². The summed E-state index contributed by atoms with van der Waals surface area (Å²) in [5, 5.41) is 3.32. The Balaban J connectivity index is 2.03. The monoisotopic (exact) mass is 260 g/mol. The van der Waals surface area contributed by atoms with Gasteiger partial charge in [0.2, 0.25) is 5.91 Å². The third kappa shape index (κ3) is 3.80. The number of nitrogens with one attached hydrogen (secondary N) is 1. The van der Waals surface area contributed by atoms with Gasteiger partial charge in [-0.05, 0) is 31.4 Å². The van der Waals surface area contributed by atoms with Gasteiger partial charge in [0.25, 0.3) is 0 Å². The summed E-state index contributed by atoms with van der Waals surface area (Å²) in [4.78, 5) is 14.2. The first-order valence-electron chi connectivity index (χ1n) is 7.20. The molecular weight excluding hydrogens is 236 g/mol. The van der Waals surface area contributed by atoms with Crippen molar-refractivity contribution in [3.8, 4) is 0 Å². The van der Waals surface area contributed by atoms with Crippen molar-refractivity contribution >= 4 is 5.91 Å². The molecule has 1 fully saturated rings. The summed E-state index contributed by atoms with van der Waals surface area (Å²) in [5.41, 5.74) is 1.25. The van der Waals surface area contributed by atoms with E-state index in [0.717, 1.165) is 25.9 Å². The molecule has 0 bridgehead atoms. The number of likely N-dealkylation sites (tertiary alicyclic amines) is 1. The molecule has 3 nitrogen and oxygen atoms in total. The summed E-state index contributed by atoms with van der Waals surface area (Å²) in [6.07, 6.45) is 2.86. The Morgan fingerprint density at radius 2 is 2.05 bits per heavy atom. The summed E-state index contributed by atoms with van der Waals surface area (Å²) < 4.78 is 0. The number of hydrogen-bond donors (Lipinski definition) is 1. The average Bonchev–Trinajstić information content (AvgIpc) is 2.60. The SMILES string of the molecule is CNC(CN1CCC(C)CCC1=O)c1ccccc1. The third-order valence-electron chi connectivity index (χ3n) is 4.05. The number of carbonyl (C=O) groups is 1. The largest absolute Gasteiger partial charge is 0.341 e. The fourth-order valence-electron chi connectivity index (χ4n) is 2.64. The minimum Gasteiger partial charge on any atom is -0.341 e. The number of amides is 1. The fraction of sp³-hybridized carbons (Fsp3) is 0.562. The number of hydrogen-bond acceptors (Lipinski definition) is 2. The van der Waals surface area contributed by atoms with Crippen molar-refractivity contribution in [3.63, 3.8) is 0 Å². The van der Waals surface area contributed by atoms with Gasteiger partial charge in [0, 0.05) is 25.6 Å². The topological polar surface area (TPSA) is 32.3 Å². The highest BCUT2D eigenvalue weighted by molar-refractivity contribution is 5.76. The van der Waals surface area contributed by atoms with Gasteiger partial charge < -0.3 is 10.2 Å². The van der Waals surface area contributed by atoms with Crippen LogP contribution in [0.5, 0.6) is 0 Å². The molecule has 1 N–H and O–H groups in total. The minimum absolute atomic E-state index is 0.221. The first-order chi connectivity index (χ1) is 9.20. The van der Waals surface area contributed by atoms with Crippen LogP contribution in [0, 0.1) is 5.92 Å². The second-order valence-corrected chi connectivity index (χ2v) is 5.52. The predicted molar refractivity (Wildman–Crippen MR) is 77.8 cm³/mol. The van der Waals surface area contributed by atoms with E-state index in [9.17, 15) is 4.79 Å². The van der Waals surface area contributed by atoms with Crippen molar-refractivity contribution < 1.29 is 4.79 Å². The molecule has 1 aliphatic rings. The number of nitrogens with zero attached hydrogens (tertiary/aromatic N) is 1. The molecule has 1 heterocycles. The van der Waals surface area contributed by atoms with Crippen molar-refractivity contribution in [2.24, 2.45) is 5.92 Å². The quantitative estimate of drug-likeness (QED) is 0.902. The van der Waals surface area contributed by atoms with E-state index in [1.165, 1.54) is 5.56 Å². The van der Waals surface area contributed by atoms with Crippen LogP contribution < -0.4 is 5.32 Å². The Morgan fingerprint density at radius 3 is 2.74 bits per heavy atom. The van der Waals surface area contributed by atoms with Gasteiger partial charge in [-0.1, -0.05) is 37.3 Å². The maximum atomic E-state index is 12.1. The van der Waals surface area contributed by atoms with Crippen molar-refractivity contribution in [2.75, 3.05) is 20.1 Å². The molecule has 0 saturated carbocycles. The van der Waals surface area contributed by atoms with Crippen LogP contribution >= 0.6 is 0 Å². The fourth-order valence-corrected chi connectivity index (χ4v) is 2.64. The molecule has 19 heavy (non-hydrogen) atoms. The lowest BCUT2D eigenvalue weighted by molar-refractivity contribution is -0.131. The van der Waals surface area contributed by atoms with Crippen molar-refractivity contribution in [3.05, 3.63) is 35.9 Å². The van der Waals surface area contributed by atoms with Crippen LogP contribution in [-0.4, -0.2) is 30.9 Å². The van der Waals surface area contributed by atoms with E-state index in [0.29, 0.717) is 18.2 Å². The Kier molecular flexibility index (Phi) is 4.97. The maximum Gasteiger partial charge on any atom is 0.222 e. The normalized spacial score (nSPS) is 22.1. The van der Waals surface area contributed by atoms with E-state index in [4.69, 9.17) is 0 Å². The Morgan fingerprint density at radius 1 is 1.32 bits per heavy atom. The van der Waals surface area contributed by atoms with Gasteiger partial charge in [0.05, 0.1) is 0 Å². The zero-order valence-electron chi connectivity index (χ0n) is 11.9. The predicted octanol–water partition coefficient (Wildman–Crippen LogP) is 2.60. The van der Waals surface area contributed by atoms with Gasteiger partial charge in [0.1, 0.15) is 0 Å². The minimum atomic E-state index is 0.221. The molecule has 0 spiro atoms. The molecule has 0 aliphatic carbocycles. The van der Waals surface area contributed by atoms with Gasteiger partial charge in [-0.15, -0.1) is 0 Å². The summed E-state index contributed by atoms with van der Waals surface area (Å²) in [6, 6.07) is 10.6. The third-order valence-corrected chi connectivity index (χ3v) is 4.05. The average molecular weight is 260 g/mol. The van der Waals surface area contributed by atoms with E-state index in [1.54, 1.807) is 0 Å². The van der Waals surface area contributed by atoms with E-state index in [-0.39, 0.29) is 6.04 Å². The van der Waals surface area contributed by atoms with E-state index in [2.05, 4.69) is 24.4 Å². The number of likely N-dealkylation sites (N-methyl/N-ethyl adjacent to an activating group) is 1. The van der Waals surface area contributed by atoms with Gasteiger partial charge >= 0.3 is 0 Å². The molecule has 2 unspecified atom stereocenters. The molecule has 1 aromatic carbocycles.